The third-order valence-electron chi connectivity index (χ3n) is 2.48. The highest BCUT2D eigenvalue weighted by molar-refractivity contribution is 5.63. The van der Waals surface area contributed by atoms with Crippen molar-refractivity contribution in [1.82, 2.24) is 9.78 Å². The highest BCUT2D eigenvalue weighted by atomic mass is 15.3. The molecule has 0 amide bonds. The quantitative estimate of drug-likeness (QED) is 0.823. The number of hydrogen-bond donors (Lipinski definition) is 1. The van der Waals surface area contributed by atoms with E-state index in [1.165, 1.54) is 11.1 Å². The number of aromatic nitrogens is 2. The molecule has 3 nitrogen and oxygen atoms in total. The first-order valence-corrected chi connectivity index (χ1v) is 5.11. The molecule has 0 radical (unpaired) electrons. The zero-order valence-electron chi connectivity index (χ0n) is 8.85. The topological polar surface area (TPSA) is 43.8 Å². The molecule has 0 saturated carbocycles. The summed E-state index contributed by atoms with van der Waals surface area (Å²) in [6, 6.07) is 10.3. The Hall–Kier alpha value is -1.61. The van der Waals surface area contributed by atoms with Gasteiger partial charge < -0.3 is 5.73 Å². The van der Waals surface area contributed by atoms with Crippen LogP contribution in [0.2, 0.25) is 0 Å². The lowest BCUT2D eigenvalue weighted by Crippen LogP contribution is -2.12. The van der Waals surface area contributed by atoms with Crippen LogP contribution in [0.1, 0.15) is 5.56 Å². The van der Waals surface area contributed by atoms with Crippen LogP contribution in [0.3, 0.4) is 0 Å². The van der Waals surface area contributed by atoms with Gasteiger partial charge in [0.1, 0.15) is 0 Å². The molecule has 2 N–H and O–H groups in total. The Bertz CT molecular complexity index is 446. The van der Waals surface area contributed by atoms with Crippen LogP contribution in [0.4, 0.5) is 0 Å². The molecule has 15 heavy (non-hydrogen) atoms. The van der Waals surface area contributed by atoms with Crippen molar-refractivity contribution in [1.29, 1.82) is 0 Å². The standard InChI is InChI=1S/C12H15N3/c1-10-4-2-3-5-11(10)12-6-8-14-15(12)9-7-13/h2-6,8H,7,9,13H2,1H3. The second-order valence-electron chi connectivity index (χ2n) is 3.54. The van der Waals surface area contributed by atoms with Crippen molar-refractivity contribution in [2.75, 3.05) is 6.54 Å². The molecule has 0 atom stereocenters. The van der Waals surface area contributed by atoms with Gasteiger partial charge in [-0.15, -0.1) is 0 Å². The van der Waals surface area contributed by atoms with E-state index < -0.39 is 0 Å². The normalized spacial score (nSPS) is 10.5. The van der Waals surface area contributed by atoms with Gasteiger partial charge in [-0.25, -0.2) is 0 Å². The summed E-state index contributed by atoms with van der Waals surface area (Å²) in [5, 5.41) is 4.26. The van der Waals surface area contributed by atoms with Gasteiger partial charge in [-0.3, -0.25) is 4.68 Å². The lowest BCUT2D eigenvalue weighted by Gasteiger charge is -2.08. The molecule has 1 heterocycles. The van der Waals surface area contributed by atoms with E-state index in [4.69, 9.17) is 5.73 Å². The highest BCUT2D eigenvalue weighted by Gasteiger charge is 2.06. The van der Waals surface area contributed by atoms with Crippen LogP contribution in [-0.4, -0.2) is 16.3 Å². The van der Waals surface area contributed by atoms with Gasteiger partial charge in [0.15, 0.2) is 0 Å². The van der Waals surface area contributed by atoms with Crippen LogP contribution < -0.4 is 5.73 Å². The Labute approximate surface area is 89.5 Å². The van der Waals surface area contributed by atoms with Crippen LogP contribution in [-0.2, 0) is 6.54 Å². The van der Waals surface area contributed by atoms with Gasteiger partial charge in [-0.05, 0) is 18.6 Å². The van der Waals surface area contributed by atoms with Gasteiger partial charge in [0, 0.05) is 18.3 Å². The first-order chi connectivity index (χ1) is 7.33. The summed E-state index contributed by atoms with van der Waals surface area (Å²) in [5.74, 6) is 0. The fraction of sp³-hybridized carbons (Fsp3) is 0.250. The van der Waals surface area contributed by atoms with Gasteiger partial charge in [-0.1, -0.05) is 24.3 Å². The molecule has 0 spiro atoms. The Balaban J connectivity index is 2.45. The summed E-state index contributed by atoms with van der Waals surface area (Å²) in [6.45, 7) is 3.48. The Morgan fingerprint density at radius 1 is 1.27 bits per heavy atom. The number of nitrogens with two attached hydrogens (primary N) is 1. The molecular weight excluding hydrogens is 186 g/mol. The fourth-order valence-electron chi connectivity index (χ4n) is 1.72. The molecule has 0 fully saturated rings. The summed E-state index contributed by atoms with van der Waals surface area (Å²) in [7, 11) is 0. The molecule has 0 bridgehead atoms. The average Bonchev–Trinajstić information content (AvgIpc) is 2.67. The lowest BCUT2D eigenvalue weighted by molar-refractivity contribution is 0.631. The Morgan fingerprint density at radius 3 is 2.80 bits per heavy atom. The van der Waals surface area contributed by atoms with E-state index in [-0.39, 0.29) is 0 Å². The molecule has 2 aromatic rings. The maximum atomic E-state index is 5.54. The number of aryl methyl sites for hydroxylation is 1. The molecule has 0 aliphatic carbocycles. The predicted octanol–water partition coefficient (Wildman–Crippen LogP) is 1.82. The number of nitrogens with zero attached hydrogens (tertiary/aromatic N) is 2. The number of hydrogen-bond acceptors (Lipinski definition) is 2. The van der Waals surface area contributed by atoms with Crippen molar-refractivity contribution in [3.05, 3.63) is 42.1 Å². The van der Waals surface area contributed by atoms with E-state index in [1.54, 1.807) is 0 Å². The molecule has 0 saturated heterocycles. The second-order valence-corrected chi connectivity index (χ2v) is 3.54. The molecule has 2 rings (SSSR count). The van der Waals surface area contributed by atoms with E-state index in [0.29, 0.717) is 6.54 Å². The third-order valence-corrected chi connectivity index (χ3v) is 2.48. The number of benzene rings is 1. The van der Waals surface area contributed by atoms with E-state index in [2.05, 4.69) is 24.2 Å². The second kappa shape index (κ2) is 4.28. The van der Waals surface area contributed by atoms with Gasteiger partial charge >= 0.3 is 0 Å². The highest BCUT2D eigenvalue weighted by Crippen LogP contribution is 2.22. The molecule has 1 aromatic heterocycles. The van der Waals surface area contributed by atoms with Crippen LogP contribution in [0.5, 0.6) is 0 Å². The van der Waals surface area contributed by atoms with Crippen molar-refractivity contribution in [3.63, 3.8) is 0 Å². The Morgan fingerprint density at radius 2 is 2.07 bits per heavy atom. The maximum absolute atomic E-state index is 5.54. The van der Waals surface area contributed by atoms with Gasteiger partial charge in [0.05, 0.1) is 12.2 Å². The summed E-state index contributed by atoms with van der Waals surface area (Å²) in [4.78, 5) is 0. The van der Waals surface area contributed by atoms with Crippen LogP contribution in [0.15, 0.2) is 36.5 Å². The molecule has 1 aromatic carbocycles. The van der Waals surface area contributed by atoms with Gasteiger partial charge in [0.2, 0.25) is 0 Å². The van der Waals surface area contributed by atoms with E-state index in [9.17, 15) is 0 Å². The monoisotopic (exact) mass is 201 g/mol. The summed E-state index contributed by atoms with van der Waals surface area (Å²) >= 11 is 0. The van der Waals surface area contributed by atoms with Crippen molar-refractivity contribution in [2.24, 2.45) is 5.73 Å². The van der Waals surface area contributed by atoms with Crippen LogP contribution in [0, 0.1) is 6.92 Å². The molecule has 0 unspecified atom stereocenters. The predicted molar refractivity (Wildman–Crippen MR) is 61.5 cm³/mol. The fourth-order valence-corrected chi connectivity index (χ4v) is 1.72. The smallest absolute Gasteiger partial charge is 0.0685 e. The van der Waals surface area contributed by atoms with E-state index >= 15 is 0 Å². The van der Waals surface area contributed by atoms with Gasteiger partial charge in [-0.2, -0.15) is 5.10 Å². The van der Waals surface area contributed by atoms with Crippen molar-refractivity contribution < 1.29 is 0 Å². The summed E-state index contributed by atoms with van der Waals surface area (Å²) < 4.78 is 1.95. The molecule has 0 aliphatic rings. The first kappa shape index (κ1) is 9.93. The van der Waals surface area contributed by atoms with Crippen LogP contribution in [0.25, 0.3) is 11.3 Å². The summed E-state index contributed by atoms with van der Waals surface area (Å²) in [5.41, 5.74) is 9.17. The zero-order chi connectivity index (χ0) is 10.7. The molecular formula is C12H15N3. The van der Waals surface area contributed by atoms with Crippen LogP contribution >= 0.6 is 0 Å². The first-order valence-electron chi connectivity index (χ1n) is 5.11. The lowest BCUT2D eigenvalue weighted by atomic mass is 10.1. The summed E-state index contributed by atoms with van der Waals surface area (Å²) in [6.07, 6.45) is 1.82. The minimum absolute atomic E-state index is 0.612. The van der Waals surface area contributed by atoms with Gasteiger partial charge in [0.25, 0.3) is 0 Å². The average molecular weight is 201 g/mol. The van der Waals surface area contributed by atoms with Crippen molar-refractivity contribution in [3.8, 4) is 11.3 Å². The molecule has 78 valence electrons. The maximum Gasteiger partial charge on any atom is 0.0685 e. The Kier molecular flexibility index (Phi) is 2.83. The molecule has 0 aliphatic heterocycles. The van der Waals surface area contributed by atoms with Crippen molar-refractivity contribution in [2.45, 2.75) is 13.5 Å². The minimum Gasteiger partial charge on any atom is -0.329 e. The van der Waals surface area contributed by atoms with E-state index in [0.717, 1.165) is 12.2 Å². The zero-order valence-corrected chi connectivity index (χ0v) is 8.85. The third kappa shape index (κ3) is 1.92. The SMILES string of the molecule is Cc1ccccc1-c1ccnn1CCN. The number of rotatable bonds is 3. The van der Waals surface area contributed by atoms with Crippen molar-refractivity contribution >= 4 is 0 Å². The molecule has 3 heteroatoms. The minimum atomic E-state index is 0.612. The largest absolute Gasteiger partial charge is 0.329 e. The van der Waals surface area contributed by atoms with E-state index in [1.807, 2.05) is 29.1 Å².